The van der Waals surface area contributed by atoms with Crippen LogP contribution in [0, 0.1) is 0 Å². The largest absolute Gasteiger partial charge is 0.356 e. The molecule has 4 nitrogen and oxygen atoms in total. The lowest BCUT2D eigenvalue weighted by Gasteiger charge is -2.14. The number of hydrogen-bond acceptors (Lipinski definition) is 2. The normalized spacial score (nSPS) is 9.93. The number of hydrogen-bond donors (Lipinski definition) is 1. The summed E-state index contributed by atoms with van der Waals surface area (Å²) in [5, 5.41) is 10.2. The molecule has 76 valence electrons. The summed E-state index contributed by atoms with van der Waals surface area (Å²) in [7, 11) is 0. The lowest BCUT2D eigenvalue weighted by molar-refractivity contribution is 0.206. The SMILES string of the molecule is O=C(N(O)c1ccccc1)n1cccc1. The molecular formula is C11H10N2O2. The van der Waals surface area contributed by atoms with E-state index in [0.29, 0.717) is 10.8 Å². The lowest BCUT2D eigenvalue weighted by atomic mass is 10.3. The molecule has 0 radical (unpaired) electrons. The van der Waals surface area contributed by atoms with Gasteiger partial charge in [0.1, 0.15) is 0 Å². The Labute approximate surface area is 86.9 Å². The number of benzene rings is 1. The fourth-order valence-corrected chi connectivity index (χ4v) is 1.25. The monoisotopic (exact) mass is 202 g/mol. The Morgan fingerprint density at radius 2 is 1.67 bits per heavy atom. The summed E-state index contributed by atoms with van der Waals surface area (Å²) in [6, 6.07) is 11.6. The first-order chi connectivity index (χ1) is 7.29. The fourth-order valence-electron chi connectivity index (χ4n) is 1.25. The van der Waals surface area contributed by atoms with Gasteiger partial charge in [-0.15, -0.1) is 0 Å². The van der Waals surface area contributed by atoms with E-state index in [9.17, 15) is 10.0 Å². The maximum absolute atomic E-state index is 11.6. The summed E-state index contributed by atoms with van der Waals surface area (Å²) in [5.74, 6) is 0. The predicted octanol–water partition coefficient (Wildman–Crippen LogP) is 2.35. The van der Waals surface area contributed by atoms with Crippen LogP contribution in [0.3, 0.4) is 0 Å². The second-order valence-electron chi connectivity index (χ2n) is 3.02. The molecule has 0 atom stereocenters. The van der Waals surface area contributed by atoms with Gasteiger partial charge < -0.3 is 0 Å². The van der Waals surface area contributed by atoms with Gasteiger partial charge in [-0.25, -0.2) is 4.79 Å². The molecule has 4 heteroatoms. The Hall–Kier alpha value is -2.07. The van der Waals surface area contributed by atoms with Crippen molar-refractivity contribution in [1.29, 1.82) is 0 Å². The molecule has 0 aliphatic carbocycles. The van der Waals surface area contributed by atoms with Crippen molar-refractivity contribution in [3.8, 4) is 0 Å². The van der Waals surface area contributed by atoms with Crippen LogP contribution in [-0.2, 0) is 0 Å². The summed E-state index contributed by atoms with van der Waals surface area (Å²) in [6.07, 6.45) is 3.16. The first-order valence-corrected chi connectivity index (χ1v) is 4.50. The zero-order valence-electron chi connectivity index (χ0n) is 7.95. The van der Waals surface area contributed by atoms with E-state index in [1.165, 1.54) is 4.57 Å². The number of amides is 1. The zero-order chi connectivity index (χ0) is 10.7. The maximum atomic E-state index is 11.6. The van der Waals surface area contributed by atoms with Crippen molar-refractivity contribution >= 4 is 11.7 Å². The smallest absolute Gasteiger partial charge is 0.280 e. The van der Waals surface area contributed by atoms with E-state index >= 15 is 0 Å². The third kappa shape index (κ3) is 1.89. The molecule has 0 spiro atoms. The molecule has 1 aromatic heterocycles. The maximum Gasteiger partial charge on any atom is 0.356 e. The molecule has 0 saturated carbocycles. The second-order valence-corrected chi connectivity index (χ2v) is 3.02. The van der Waals surface area contributed by atoms with Crippen molar-refractivity contribution < 1.29 is 10.0 Å². The van der Waals surface area contributed by atoms with Crippen LogP contribution in [0.4, 0.5) is 10.5 Å². The van der Waals surface area contributed by atoms with Gasteiger partial charge in [0.2, 0.25) is 0 Å². The van der Waals surface area contributed by atoms with Gasteiger partial charge in [0.25, 0.3) is 0 Å². The van der Waals surface area contributed by atoms with Crippen LogP contribution in [0.5, 0.6) is 0 Å². The quantitative estimate of drug-likeness (QED) is 0.570. The van der Waals surface area contributed by atoms with E-state index in [1.807, 2.05) is 6.07 Å². The molecule has 15 heavy (non-hydrogen) atoms. The van der Waals surface area contributed by atoms with E-state index in [4.69, 9.17) is 0 Å². The molecule has 0 saturated heterocycles. The van der Waals surface area contributed by atoms with Gasteiger partial charge in [-0.2, -0.15) is 5.06 Å². The first-order valence-electron chi connectivity index (χ1n) is 4.50. The minimum Gasteiger partial charge on any atom is -0.280 e. The summed E-state index contributed by atoms with van der Waals surface area (Å²) in [5.41, 5.74) is 0.441. The van der Waals surface area contributed by atoms with Crippen LogP contribution in [0.15, 0.2) is 54.9 Å². The van der Waals surface area contributed by atoms with Gasteiger partial charge in [0.05, 0.1) is 5.69 Å². The third-order valence-corrected chi connectivity index (χ3v) is 2.01. The third-order valence-electron chi connectivity index (χ3n) is 2.01. The van der Waals surface area contributed by atoms with Gasteiger partial charge in [0, 0.05) is 12.4 Å². The Kier molecular flexibility index (Phi) is 2.51. The summed E-state index contributed by atoms with van der Waals surface area (Å²) in [6.45, 7) is 0. The first kappa shape index (κ1) is 9.48. The highest BCUT2D eigenvalue weighted by Crippen LogP contribution is 2.11. The van der Waals surface area contributed by atoms with Gasteiger partial charge in [-0.1, -0.05) is 18.2 Å². The highest BCUT2D eigenvalue weighted by molar-refractivity contribution is 5.91. The van der Waals surface area contributed by atoms with Crippen LogP contribution in [0.25, 0.3) is 0 Å². The Morgan fingerprint density at radius 1 is 1.07 bits per heavy atom. The standard InChI is InChI=1S/C11H10N2O2/c14-11(12-8-4-5-9-12)13(15)10-6-2-1-3-7-10/h1-9,15H. The van der Waals surface area contributed by atoms with E-state index < -0.39 is 6.03 Å². The van der Waals surface area contributed by atoms with Crippen molar-refractivity contribution in [1.82, 2.24) is 4.57 Å². The van der Waals surface area contributed by atoms with Crippen molar-refractivity contribution in [2.75, 3.05) is 5.06 Å². The molecule has 2 rings (SSSR count). The minimum absolute atomic E-state index is 0.441. The number of carbonyl (C=O) groups excluding carboxylic acids is 1. The second kappa shape index (κ2) is 3.98. The van der Waals surface area contributed by atoms with E-state index in [2.05, 4.69) is 0 Å². The summed E-state index contributed by atoms with van der Waals surface area (Å²) < 4.78 is 1.30. The molecule has 0 aliphatic rings. The van der Waals surface area contributed by atoms with E-state index in [-0.39, 0.29) is 0 Å². The van der Waals surface area contributed by atoms with Gasteiger partial charge in [-0.3, -0.25) is 9.77 Å². The molecule has 0 unspecified atom stereocenters. The fraction of sp³-hybridized carbons (Fsp3) is 0. The molecule has 2 aromatic rings. The highest BCUT2D eigenvalue weighted by Gasteiger charge is 2.13. The number of anilines is 1. The molecule has 0 bridgehead atoms. The van der Waals surface area contributed by atoms with Crippen molar-refractivity contribution in [3.63, 3.8) is 0 Å². The highest BCUT2D eigenvalue weighted by atomic mass is 16.5. The Morgan fingerprint density at radius 3 is 2.27 bits per heavy atom. The summed E-state index contributed by atoms with van der Waals surface area (Å²) >= 11 is 0. The van der Waals surface area contributed by atoms with Crippen LogP contribution < -0.4 is 5.06 Å². The van der Waals surface area contributed by atoms with Crippen LogP contribution in [0.1, 0.15) is 0 Å². The van der Waals surface area contributed by atoms with E-state index in [0.717, 1.165) is 0 Å². The minimum atomic E-state index is -0.508. The molecule has 1 amide bonds. The average molecular weight is 202 g/mol. The molecule has 0 aliphatic heterocycles. The predicted molar refractivity (Wildman–Crippen MR) is 55.9 cm³/mol. The van der Waals surface area contributed by atoms with Gasteiger partial charge in [0.15, 0.2) is 0 Å². The van der Waals surface area contributed by atoms with Crippen molar-refractivity contribution in [2.24, 2.45) is 0 Å². The number of aromatic nitrogens is 1. The summed E-state index contributed by atoms with van der Waals surface area (Å²) in [4.78, 5) is 11.6. The topological polar surface area (TPSA) is 45.5 Å². The Balaban J connectivity index is 2.23. The van der Waals surface area contributed by atoms with Crippen LogP contribution >= 0.6 is 0 Å². The number of rotatable bonds is 1. The average Bonchev–Trinajstić information content (AvgIpc) is 2.82. The van der Waals surface area contributed by atoms with Crippen molar-refractivity contribution in [3.05, 3.63) is 54.9 Å². The van der Waals surface area contributed by atoms with Crippen LogP contribution in [0.2, 0.25) is 0 Å². The Bertz CT molecular complexity index is 437. The molecule has 1 N–H and O–H groups in total. The zero-order valence-corrected chi connectivity index (χ0v) is 7.95. The molecule has 1 heterocycles. The number of carbonyl (C=O) groups is 1. The molecular weight excluding hydrogens is 192 g/mol. The molecule has 1 aromatic carbocycles. The number of nitrogens with zero attached hydrogens (tertiary/aromatic N) is 2. The van der Waals surface area contributed by atoms with Gasteiger partial charge in [-0.05, 0) is 24.3 Å². The molecule has 0 fully saturated rings. The van der Waals surface area contributed by atoms with Crippen LogP contribution in [-0.4, -0.2) is 15.8 Å². The number of para-hydroxylation sites is 1. The number of hydroxylamine groups is 1. The van der Waals surface area contributed by atoms with E-state index in [1.54, 1.807) is 48.8 Å². The van der Waals surface area contributed by atoms with Crippen molar-refractivity contribution in [2.45, 2.75) is 0 Å². The lowest BCUT2D eigenvalue weighted by Crippen LogP contribution is -2.30. The van der Waals surface area contributed by atoms with Gasteiger partial charge >= 0.3 is 6.03 Å².